The van der Waals surface area contributed by atoms with Crippen molar-refractivity contribution in [3.63, 3.8) is 0 Å². The van der Waals surface area contributed by atoms with Gasteiger partial charge in [-0.05, 0) is 77.4 Å². The predicted octanol–water partition coefficient (Wildman–Crippen LogP) is 4.90. The fraction of sp³-hybridized carbons (Fsp3) is 0.500. The van der Waals surface area contributed by atoms with Gasteiger partial charge in [-0.3, -0.25) is 4.79 Å². The summed E-state index contributed by atoms with van der Waals surface area (Å²) in [4.78, 5) is 25.1. The Kier molecular flexibility index (Phi) is 8.71. The first-order chi connectivity index (χ1) is 17.4. The van der Waals surface area contributed by atoms with Gasteiger partial charge in [0.05, 0.1) is 28.2 Å². The summed E-state index contributed by atoms with van der Waals surface area (Å²) in [6.45, 7) is 3.41. The number of halogens is 1. The van der Waals surface area contributed by atoms with Gasteiger partial charge in [0.15, 0.2) is 0 Å². The normalized spacial score (nSPS) is 17.9. The van der Waals surface area contributed by atoms with Gasteiger partial charge >= 0.3 is 0 Å². The number of benzene rings is 1. The van der Waals surface area contributed by atoms with Crippen LogP contribution in [-0.4, -0.2) is 67.3 Å². The number of rotatable bonds is 10. The number of aromatic nitrogens is 2. The monoisotopic (exact) mass is 515 g/mol. The molecule has 0 radical (unpaired) electrons. The summed E-state index contributed by atoms with van der Waals surface area (Å²) in [5.41, 5.74) is 1.43. The number of thiophene rings is 1. The number of anilines is 2. The lowest BCUT2D eigenvalue weighted by Crippen LogP contribution is -2.27. The summed E-state index contributed by atoms with van der Waals surface area (Å²) in [6, 6.07) is 4.44. The topological polar surface area (TPSA) is 88.6 Å². The molecule has 2 heterocycles. The first-order valence-corrected chi connectivity index (χ1v) is 13.1. The van der Waals surface area contributed by atoms with Crippen LogP contribution in [0.15, 0.2) is 24.5 Å². The fourth-order valence-corrected chi connectivity index (χ4v) is 5.52. The van der Waals surface area contributed by atoms with Crippen molar-refractivity contribution in [2.45, 2.75) is 51.2 Å². The van der Waals surface area contributed by atoms with Crippen LogP contribution in [0, 0.1) is 12.7 Å². The molecule has 2 aromatic heterocycles. The number of hydrogen-bond acceptors (Lipinski definition) is 8. The van der Waals surface area contributed by atoms with Crippen LogP contribution < -0.4 is 15.4 Å². The molecule has 10 heteroatoms. The maximum Gasteiger partial charge on any atom is 0.261 e. The molecule has 36 heavy (non-hydrogen) atoms. The SMILES string of the molecule is CO[C@H]1CC[C@H](Oc2cc(F)ccc2Nc2ncnc3sc(C(=O)NCCCN(C)C)c(C)c23)CC1. The largest absolute Gasteiger partial charge is 0.488 e. The van der Waals surface area contributed by atoms with E-state index >= 15 is 0 Å². The number of nitrogens with one attached hydrogen (secondary N) is 2. The smallest absolute Gasteiger partial charge is 0.261 e. The minimum atomic E-state index is -0.367. The number of carbonyl (C=O) groups excluding carboxylic acids is 1. The lowest BCUT2D eigenvalue weighted by Gasteiger charge is -2.28. The second-order valence-electron chi connectivity index (χ2n) is 9.39. The molecule has 0 aliphatic heterocycles. The molecule has 2 N–H and O–H groups in total. The van der Waals surface area contributed by atoms with E-state index in [0.29, 0.717) is 33.5 Å². The highest BCUT2D eigenvalue weighted by Crippen LogP contribution is 2.37. The number of carbonyl (C=O) groups is 1. The summed E-state index contributed by atoms with van der Waals surface area (Å²) in [7, 11) is 5.75. The molecule has 0 bridgehead atoms. The Balaban J connectivity index is 1.54. The summed E-state index contributed by atoms with van der Waals surface area (Å²) in [5, 5.41) is 7.09. The van der Waals surface area contributed by atoms with Crippen LogP contribution in [0.1, 0.15) is 47.3 Å². The third-order valence-electron chi connectivity index (χ3n) is 6.45. The predicted molar refractivity (Wildman–Crippen MR) is 141 cm³/mol. The zero-order chi connectivity index (χ0) is 25.7. The molecule has 8 nitrogen and oxygen atoms in total. The molecule has 1 saturated carbocycles. The van der Waals surface area contributed by atoms with E-state index in [-0.39, 0.29) is 23.9 Å². The van der Waals surface area contributed by atoms with Crippen LogP contribution in [0.25, 0.3) is 10.2 Å². The molecule has 1 aliphatic rings. The minimum absolute atomic E-state index is 0.00477. The van der Waals surface area contributed by atoms with Gasteiger partial charge in [-0.1, -0.05) is 0 Å². The first-order valence-electron chi connectivity index (χ1n) is 12.3. The number of aryl methyl sites for hydroxylation is 1. The zero-order valence-electron chi connectivity index (χ0n) is 21.3. The van der Waals surface area contributed by atoms with Gasteiger partial charge in [-0.25, -0.2) is 14.4 Å². The second-order valence-corrected chi connectivity index (χ2v) is 10.4. The van der Waals surface area contributed by atoms with Crippen LogP contribution in [0.4, 0.5) is 15.9 Å². The van der Waals surface area contributed by atoms with Gasteiger partial charge in [0.25, 0.3) is 5.91 Å². The van der Waals surface area contributed by atoms with Gasteiger partial charge in [-0.2, -0.15) is 0 Å². The molecule has 1 aromatic carbocycles. The number of methoxy groups -OCH3 is 1. The van der Waals surface area contributed by atoms with Crippen molar-refractivity contribution in [2.24, 2.45) is 0 Å². The molecular formula is C26H34FN5O3S. The highest BCUT2D eigenvalue weighted by molar-refractivity contribution is 7.20. The first kappa shape index (κ1) is 26.2. The molecule has 1 aliphatic carbocycles. The molecule has 194 valence electrons. The van der Waals surface area contributed by atoms with Crippen molar-refractivity contribution in [1.29, 1.82) is 0 Å². The number of hydrogen-bond donors (Lipinski definition) is 2. The summed E-state index contributed by atoms with van der Waals surface area (Å²) < 4.78 is 25.8. The Morgan fingerprint density at radius 3 is 2.67 bits per heavy atom. The van der Waals surface area contributed by atoms with E-state index in [2.05, 4.69) is 25.5 Å². The molecule has 3 aromatic rings. The van der Waals surface area contributed by atoms with E-state index in [1.165, 1.54) is 29.8 Å². The molecule has 0 spiro atoms. The van der Waals surface area contributed by atoms with Crippen LogP contribution in [0.2, 0.25) is 0 Å². The van der Waals surface area contributed by atoms with Crippen molar-refractivity contribution in [3.05, 3.63) is 40.8 Å². The average molecular weight is 516 g/mol. The number of fused-ring (bicyclic) bond motifs is 1. The lowest BCUT2D eigenvalue weighted by atomic mass is 9.95. The summed E-state index contributed by atoms with van der Waals surface area (Å²) in [6.07, 6.45) is 6.12. The number of ether oxygens (including phenoxy) is 2. The van der Waals surface area contributed by atoms with E-state index in [4.69, 9.17) is 9.47 Å². The van der Waals surface area contributed by atoms with Crippen molar-refractivity contribution in [3.8, 4) is 5.75 Å². The third kappa shape index (κ3) is 6.29. The van der Waals surface area contributed by atoms with Crippen LogP contribution in [0.3, 0.4) is 0 Å². The maximum atomic E-state index is 14.1. The molecule has 0 unspecified atom stereocenters. The van der Waals surface area contributed by atoms with E-state index < -0.39 is 0 Å². The Morgan fingerprint density at radius 1 is 1.19 bits per heavy atom. The van der Waals surface area contributed by atoms with E-state index in [9.17, 15) is 9.18 Å². The minimum Gasteiger partial charge on any atom is -0.488 e. The highest BCUT2D eigenvalue weighted by Gasteiger charge is 2.24. The Hall–Kier alpha value is -2.82. The van der Waals surface area contributed by atoms with Crippen molar-refractivity contribution in [1.82, 2.24) is 20.2 Å². The highest BCUT2D eigenvalue weighted by atomic mass is 32.1. The third-order valence-corrected chi connectivity index (χ3v) is 7.64. The molecule has 1 amide bonds. The molecular weight excluding hydrogens is 481 g/mol. The maximum absolute atomic E-state index is 14.1. The average Bonchev–Trinajstić information content (AvgIpc) is 3.21. The van der Waals surface area contributed by atoms with Gasteiger partial charge in [0.1, 0.15) is 28.5 Å². The van der Waals surface area contributed by atoms with Crippen molar-refractivity contribution >= 4 is 39.0 Å². The standard InChI is InChI=1S/C26H34FN5O3S/c1-16-22-24(29-15-30-26(22)36-23(16)25(33)28-12-5-13-32(2)3)31-20-11-6-17(27)14-21(20)35-19-9-7-18(34-4)8-10-19/h6,11,14-15,18-19H,5,7-10,12-13H2,1-4H3,(H,28,33)(H,29,30,31)/t18-,19-. The molecule has 4 rings (SSSR count). The second kappa shape index (κ2) is 11.9. The van der Waals surface area contributed by atoms with E-state index in [1.54, 1.807) is 13.2 Å². The van der Waals surface area contributed by atoms with Crippen molar-refractivity contribution < 1.29 is 18.7 Å². The van der Waals surface area contributed by atoms with Gasteiger partial charge in [-0.15, -0.1) is 11.3 Å². The molecule has 0 atom stereocenters. The fourth-order valence-electron chi connectivity index (χ4n) is 4.45. The van der Waals surface area contributed by atoms with Crippen LogP contribution in [0.5, 0.6) is 5.75 Å². The molecule has 1 fully saturated rings. The van der Waals surface area contributed by atoms with E-state index in [0.717, 1.165) is 49.6 Å². The summed E-state index contributed by atoms with van der Waals surface area (Å²) >= 11 is 1.34. The van der Waals surface area contributed by atoms with Gasteiger partial charge < -0.3 is 25.0 Å². The van der Waals surface area contributed by atoms with Crippen molar-refractivity contribution in [2.75, 3.05) is 39.6 Å². The van der Waals surface area contributed by atoms with Crippen LogP contribution in [-0.2, 0) is 4.74 Å². The van der Waals surface area contributed by atoms with Gasteiger partial charge in [0, 0.05) is 19.7 Å². The summed E-state index contributed by atoms with van der Waals surface area (Å²) in [5.74, 6) is 0.515. The number of amides is 1. The Labute approximate surface area is 215 Å². The molecule has 0 saturated heterocycles. The van der Waals surface area contributed by atoms with Crippen LogP contribution >= 0.6 is 11.3 Å². The lowest BCUT2D eigenvalue weighted by molar-refractivity contribution is 0.0329. The Bertz CT molecular complexity index is 1190. The zero-order valence-corrected chi connectivity index (χ0v) is 22.1. The Morgan fingerprint density at radius 2 is 1.94 bits per heavy atom. The quantitative estimate of drug-likeness (QED) is 0.371. The number of nitrogens with zero attached hydrogens (tertiary/aromatic N) is 3. The van der Waals surface area contributed by atoms with Gasteiger partial charge in [0.2, 0.25) is 0 Å². The van der Waals surface area contributed by atoms with E-state index in [1.807, 2.05) is 21.0 Å².